The molecule has 8 heteroatoms. The molecule has 0 bridgehead atoms. The number of rotatable bonds is 3. The first kappa shape index (κ1) is 16.7. The van der Waals surface area contributed by atoms with Gasteiger partial charge in [-0.15, -0.1) is 12.4 Å². The van der Waals surface area contributed by atoms with Crippen molar-refractivity contribution < 1.29 is 12.8 Å². The summed E-state index contributed by atoms with van der Waals surface area (Å²) in [4.78, 5) is -0.467. The summed E-state index contributed by atoms with van der Waals surface area (Å²) in [6, 6.07) is 3.65. The van der Waals surface area contributed by atoms with Gasteiger partial charge < -0.3 is 5.32 Å². The Bertz CT molecular complexity index is 513. The number of benzene rings is 1. The van der Waals surface area contributed by atoms with Gasteiger partial charge in [-0.05, 0) is 38.1 Å². The molecule has 0 aliphatic carbocycles. The van der Waals surface area contributed by atoms with E-state index in [1.165, 1.54) is 12.1 Å². The highest BCUT2D eigenvalue weighted by atomic mass is 35.5. The zero-order chi connectivity index (χ0) is 13.2. The lowest BCUT2D eigenvalue weighted by Gasteiger charge is -2.23. The summed E-state index contributed by atoms with van der Waals surface area (Å²) in [6.45, 7) is 1.50. The van der Waals surface area contributed by atoms with Crippen molar-refractivity contribution in [3.05, 3.63) is 29.0 Å². The molecule has 1 fully saturated rings. The highest BCUT2D eigenvalue weighted by Gasteiger charge is 2.26. The predicted molar refractivity (Wildman–Crippen MR) is 74.9 cm³/mol. The van der Waals surface area contributed by atoms with Gasteiger partial charge in [0.1, 0.15) is 10.7 Å². The van der Waals surface area contributed by atoms with Crippen LogP contribution in [0.4, 0.5) is 4.39 Å². The van der Waals surface area contributed by atoms with Gasteiger partial charge in [-0.25, -0.2) is 17.5 Å². The number of sulfonamides is 1. The van der Waals surface area contributed by atoms with Crippen LogP contribution in [0, 0.1) is 5.82 Å². The first-order chi connectivity index (χ1) is 8.50. The third-order valence-corrected chi connectivity index (χ3v) is 4.87. The number of hydrogen-bond acceptors (Lipinski definition) is 3. The van der Waals surface area contributed by atoms with E-state index < -0.39 is 20.7 Å². The van der Waals surface area contributed by atoms with Crippen molar-refractivity contribution in [1.82, 2.24) is 10.0 Å². The van der Waals surface area contributed by atoms with Gasteiger partial charge in [-0.2, -0.15) is 0 Å². The number of piperidine rings is 1. The van der Waals surface area contributed by atoms with Gasteiger partial charge in [0.25, 0.3) is 0 Å². The Morgan fingerprint density at radius 3 is 2.53 bits per heavy atom. The highest BCUT2D eigenvalue weighted by Crippen LogP contribution is 2.24. The van der Waals surface area contributed by atoms with E-state index in [-0.39, 0.29) is 23.5 Å². The van der Waals surface area contributed by atoms with Crippen molar-refractivity contribution >= 4 is 34.0 Å². The second-order valence-corrected chi connectivity index (χ2v) is 6.25. The largest absolute Gasteiger partial charge is 0.317 e. The summed E-state index contributed by atoms with van der Waals surface area (Å²) in [6.07, 6.45) is 1.37. The van der Waals surface area contributed by atoms with E-state index in [2.05, 4.69) is 10.0 Å². The highest BCUT2D eigenvalue weighted by molar-refractivity contribution is 7.89. The molecule has 1 heterocycles. The van der Waals surface area contributed by atoms with Crippen molar-refractivity contribution in [1.29, 1.82) is 0 Å². The van der Waals surface area contributed by atoms with E-state index in [4.69, 9.17) is 11.6 Å². The van der Waals surface area contributed by atoms with Gasteiger partial charge >= 0.3 is 0 Å². The number of halogens is 3. The van der Waals surface area contributed by atoms with Gasteiger partial charge in [0, 0.05) is 6.04 Å². The van der Waals surface area contributed by atoms with Crippen LogP contribution >= 0.6 is 24.0 Å². The summed E-state index contributed by atoms with van der Waals surface area (Å²) in [5, 5.41) is 3.03. The minimum absolute atomic E-state index is 0. The standard InChI is InChI=1S/C11H14ClFN2O2S.ClH/c12-9-2-1-3-10(13)11(9)18(16,17)15-8-4-6-14-7-5-8;/h1-3,8,14-15H,4-7H2;1H. The van der Waals surface area contributed by atoms with Gasteiger partial charge in [-0.3, -0.25) is 0 Å². The van der Waals surface area contributed by atoms with E-state index in [0.29, 0.717) is 12.8 Å². The Labute approximate surface area is 123 Å². The Kier molecular flexibility index (Phi) is 6.01. The zero-order valence-electron chi connectivity index (χ0n) is 10.0. The summed E-state index contributed by atoms with van der Waals surface area (Å²) in [5.41, 5.74) is 0. The zero-order valence-corrected chi connectivity index (χ0v) is 12.4. The molecule has 0 atom stereocenters. The second-order valence-electron chi connectivity index (χ2n) is 4.20. The Balaban J connectivity index is 0.00000180. The van der Waals surface area contributed by atoms with Crippen LogP contribution < -0.4 is 10.0 Å². The van der Waals surface area contributed by atoms with Crippen LogP contribution in [0.25, 0.3) is 0 Å². The lowest BCUT2D eigenvalue weighted by atomic mass is 10.1. The number of hydrogen-bond donors (Lipinski definition) is 2. The molecule has 0 spiro atoms. The van der Waals surface area contributed by atoms with Crippen LogP contribution in [0.5, 0.6) is 0 Å². The SMILES string of the molecule is Cl.O=S(=O)(NC1CCNCC1)c1c(F)cccc1Cl. The smallest absolute Gasteiger partial charge is 0.245 e. The van der Waals surface area contributed by atoms with Crippen molar-refractivity contribution in [2.24, 2.45) is 0 Å². The molecule has 0 radical (unpaired) electrons. The molecule has 0 amide bonds. The molecule has 0 unspecified atom stereocenters. The molecule has 0 aromatic heterocycles. The van der Waals surface area contributed by atoms with Gasteiger partial charge in [0.2, 0.25) is 10.0 Å². The molecule has 4 nitrogen and oxygen atoms in total. The van der Waals surface area contributed by atoms with Crippen LogP contribution in [-0.4, -0.2) is 27.5 Å². The summed E-state index contributed by atoms with van der Waals surface area (Å²) in [5.74, 6) is -0.830. The van der Waals surface area contributed by atoms with E-state index in [9.17, 15) is 12.8 Å². The average molecular weight is 329 g/mol. The lowest BCUT2D eigenvalue weighted by molar-refractivity contribution is 0.426. The molecule has 108 valence electrons. The molecule has 1 aromatic rings. The molecule has 2 N–H and O–H groups in total. The van der Waals surface area contributed by atoms with Crippen LogP contribution in [0.3, 0.4) is 0 Å². The van der Waals surface area contributed by atoms with E-state index in [1.54, 1.807) is 0 Å². The number of nitrogens with one attached hydrogen (secondary N) is 2. The average Bonchev–Trinajstić information content (AvgIpc) is 2.28. The fourth-order valence-corrected chi connectivity index (χ4v) is 3.87. The Hall–Kier alpha value is -0.400. The lowest BCUT2D eigenvalue weighted by Crippen LogP contribution is -2.42. The molecule has 1 aliphatic heterocycles. The third kappa shape index (κ3) is 4.03. The molecule has 1 aliphatic rings. The Morgan fingerprint density at radius 1 is 1.32 bits per heavy atom. The maximum Gasteiger partial charge on any atom is 0.245 e. The van der Waals surface area contributed by atoms with E-state index in [0.717, 1.165) is 19.2 Å². The molecule has 1 aromatic carbocycles. The topological polar surface area (TPSA) is 58.2 Å². The quantitative estimate of drug-likeness (QED) is 0.891. The molecular weight excluding hydrogens is 314 g/mol. The minimum atomic E-state index is -3.91. The van der Waals surface area contributed by atoms with Crippen LogP contribution in [0.1, 0.15) is 12.8 Å². The van der Waals surface area contributed by atoms with Gasteiger partial charge in [0.15, 0.2) is 0 Å². The molecule has 2 rings (SSSR count). The predicted octanol–water partition coefficient (Wildman–Crippen LogP) is 1.93. The summed E-state index contributed by atoms with van der Waals surface area (Å²) >= 11 is 5.76. The normalized spacial score (nSPS) is 16.9. The van der Waals surface area contributed by atoms with Crippen LogP contribution in [0.15, 0.2) is 23.1 Å². The summed E-state index contributed by atoms with van der Waals surface area (Å²) < 4.78 is 40.3. The molecule has 19 heavy (non-hydrogen) atoms. The molecule has 1 saturated heterocycles. The fourth-order valence-electron chi connectivity index (χ4n) is 1.96. The monoisotopic (exact) mass is 328 g/mol. The van der Waals surface area contributed by atoms with Crippen LogP contribution in [0.2, 0.25) is 5.02 Å². The maximum absolute atomic E-state index is 13.6. The van der Waals surface area contributed by atoms with Crippen molar-refractivity contribution in [2.45, 2.75) is 23.8 Å². The van der Waals surface area contributed by atoms with Crippen molar-refractivity contribution in [2.75, 3.05) is 13.1 Å². The maximum atomic E-state index is 13.6. The van der Waals surface area contributed by atoms with E-state index in [1.807, 2.05) is 0 Å². The van der Waals surface area contributed by atoms with Gasteiger partial charge in [-0.1, -0.05) is 17.7 Å². The molecular formula is C11H15Cl2FN2O2S. The summed E-state index contributed by atoms with van der Waals surface area (Å²) in [7, 11) is -3.91. The van der Waals surface area contributed by atoms with Gasteiger partial charge in [0.05, 0.1) is 5.02 Å². The Morgan fingerprint density at radius 2 is 1.95 bits per heavy atom. The third-order valence-electron chi connectivity index (χ3n) is 2.85. The van der Waals surface area contributed by atoms with Crippen LogP contribution in [-0.2, 0) is 10.0 Å². The second kappa shape index (κ2) is 6.85. The van der Waals surface area contributed by atoms with Crippen molar-refractivity contribution in [3.63, 3.8) is 0 Å². The van der Waals surface area contributed by atoms with E-state index >= 15 is 0 Å². The first-order valence-electron chi connectivity index (χ1n) is 5.68. The minimum Gasteiger partial charge on any atom is -0.317 e. The fraction of sp³-hybridized carbons (Fsp3) is 0.455. The van der Waals surface area contributed by atoms with Crippen molar-refractivity contribution in [3.8, 4) is 0 Å². The first-order valence-corrected chi connectivity index (χ1v) is 7.54. The molecule has 0 saturated carbocycles.